The third-order valence-corrected chi connectivity index (χ3v) is 5.05. The lowest BCUT2D eigenvalue weighted by molar-refractivity contribution is 0.0662. The van der Waals surface area contributed by atoms with Crippen molar-refractivity contribution in [3.63, 3.8) is 0 Å². The lowest BCUT2D eigenvalue weighted by Crippen LogP contribution is -2.46. The number of hydrogen-bond donors (Lipinski definition) is 1. The first-order valence-corrected chi connectivity index (χ1v) is 7.63. The summed E-state index contributed by atoms with van der Waals surface area (Å²) in [5, 5.41) is 9.28. The summed E-state index contributed by atoms with van der Waals surface area (Å²) in [5.41, 5.74) is 0. The Morgan fingerprint density at radius 3 is 1.67 bits per heavy atom. The molecule has 0 radical (unpaired) electrons. The second-order valence-corrected chi connectivity index (χ2v) is 6.10. The zero-order valence-corrected chi connectivity index (χ0v) is 11.3. The van der Waals surface area contributed by atoms with Crippen molar-refractivity contribution in [2.24, 2.45) is 0 Å². The SMILES string of the molecule is CCO[Si](CCC(C)O)(OCC)OCC. The fraction of sp³-hybridized carbons (Fsp3) is 1.00. The van der Waals surface area contributed by atoms with Crippen LogP contribution in [0.5, 0.6) is 0 Å². The molecule has 1 N–H and O–H groups in total. The normalized spacial score (nSPS) is 14.2. The van der Waals surface area contributed by atoms with E-state index in [-0.39, 0.29) is 6.10 Å². The van der Waals surface area contributed by atoms with Gasteiger partial charge in [0.05, 0.1) is 6.10 Å². The van der Waals surface area contributed by atoms with Crippen LogP contribution in [0.4, 0.5) is 0 Å². The van der Waals surface area contributed by atoms with Gasteiger partial charge in [-0.15, -0.1) is 0 Å². The van der Waals surface area contributed by atoms with Crippen molar-refractivity contribution in [3.8, 4) is 0 Å². The minimum Gasteiger partial charge on any atom is -0.393 e. The molecule has 0 bridgehead atoms. The van der Waals surface area contributed by atoms with Crippen molar-refractivity contribution in [1.29, 1.82) is 0 Å². The molecule has 0 aromatic heterocycles. The molecule has 0 aromatic rings. The summed E-state index contributed by atoms with van der Waals surface area (Å²) in [4.78, 5) is 0. The third-order valence-electron chi connectivity index (χ3n) is 1.96. The number of rotatable bonds is 9. The van der Waals surface area contributed by atoms with Crippen LogP contribution in [0.1, 0.15) is 34.1 Å². The Kier molecular flexibility index (Phi) is 8.27. The summed E-state index contributed by atoms with van der Waals surface area (Å²) in [6.07, 6.45) is 0.324. The summed E-state index contributed by atoms with van der Waals surface area (Å²) < 4.78 is 16.9. The highest BCUT2D eigenvalue weighted by Crippen LogP contribution is 2.19. The van der Waals surface area contributed by atoms with Gasteiger partial charge in [-0.2, -0.15) is 0 Å². The zero-order chi connectivity index (χ0) is 11.7. The van der Waals surface area contributed by atoms with Crippen molar-refractivity contribution >= 4 is 8.80 Å². The molecule has 4 nitrogen and oxygen atoms in total. The molecule has 0 fully saturated rings. The van der Waals surface area contributed by atoms with E-state index in [2.05, 4.69) is 0 Å². The van der Waals surface area contributed by atoms with Crippen LogP contribution in [0.25, 0.3) is 0 Å². The van der Waals surface area contributed by atoms with Crippen molar-refractivity contribution in [1.82, 2.24) is 0 Å². The summed E-state index contributed by atoms with van der Waals surface area (Å²) in [7, 11) is -2.52. The van der Waals surface area contributed by atoms with Crippen LogP contribution in [0.3, 0.4) is 0 Å². The average molecular weight is 236 g/mol. The summed E-state index contributed by atoms with van der Waals surface area (Å²) in [6, 6.07) is 0.681. The molecule has 92 valence electrons. The predicted octanol–water partition coefficient (Wildman–Crippen LogP) is 1.81. The molecule has 0 aliphatic rings. The maximum Gasteiger partial charge on any atom is 0.501 e. The van der Waals surface area contributed by atoms with Crippen molar-refractivity contribution < 1.29 is 18.4 Å². The third kappa shape index (κ3) is 6.27. The number of hydrogen-bond acceptors (Lipinski definition) is 4. The molecule has 0 amide bonds. The van der Waals surface area contributed by atoms with Gasteiger partial charge in [-0.3, -0.25) is 0 Å². The van der Waals surface area contributed by atoms with Crippen molar-refractivity contribution in [2.75, 3.05) is 19.8 Å². The molecule has 5 heteroatoms. The summed E-state index contributed by atoms with van der Waals surface area (Å²) >= 11 is 0. The lowest BCUT2D eigenvalue weighted by atomic mass is 10.3. The van der Waals surface area contributed by atoms with E-state index in [1.165, 1.54) is 0 Å². The average Bonchev–Trinajstić information content (AvgIpc) is 2.16. The van der Waals surface area contributed by atoms with Crippen LogP contribution in [0.2, 0.25) is 6.04 Å². The molecule has 1 atom stereocenters. The van der Waals surface area contributed by atoms with Gasteiger partial charge in [0.2, 0.25) is 0 Å². The molecule has 0 heterocycles. The van der Waals surface area contributed by atoms with Crippen LogP contribution in [0, 0.1) is 0 Å². The molecule has 1 unspecified atom stereocenters. The Morgan fingerprint density at radius 2 is 1.40 bits per heavy atom. The van der Waals surface area contributed by atoms with Gasteiger partial charge in [0.25, 0.3) is 0 Å². The van der Waals surface area contributed by atoms with Crippen LogP contribution in [0.15, 0.2) is 0 Å². The van der Waals surface area contributed by atoms with Gasteiger partial charge in [-0.1, -0.05) is 0 Å². The molecular formula is C10H24O4Si. The van der Waals surface area contributed by atoms with Gasteiger partial charge in [-0.05, 0) is 34.1 Å². The smallest absolute Gasteiger partial charge is 0.393 e. The van der Waals surface area contributed by atoms with Gasteiger partial charge in [0, 0.05) is 25.9 Å². The Bertz CT molecular complexity index is 135. The minimum absolute atomic E-state index is 0.335. The highest BCUT2D eigenvalue weighted by Gasteiger charge is 2.40. The molecule has 0 aliphatic heterocycles. The quantitative estimate of drug-likeness (QED) is 0.620. The van der Waals surface area contributed by atoms with E-state index in [9.17, 15) is 5.11 Å². The first-order valence-electron chi connectivity index (χ1n) is 5.70. The van der Waals surface area contributed by atoms with Crippen molar-refractivity contribution in [3.05, 3.63) is 0 Å². The molecule has 0 saturated carbocycles. The fourth-order valence-electron chi connectivity index (χ4n) is 1.39. The zero-order valence-electron chi connectivity index (χ0n) is 10.3. The minimum atomic E-state index is -2.52. The maximum absolute atomic E-state index is 9.28. The Morgan fingerprint density at radius 1 is 1.00 bits per heavy atom. The molecule has 15 heavy (non-hydrogen) atoms. The molecule has 0 saturated heterocycles. The first-order chi connectivity index (χ1) is 7.10. The predicted molar refractivity (Wildman–Crippen MR) is 61.7 cm³/mol. The number of aliphatic hydroxyl groups is 1. The highest BCUT2D eigenvalue weighted by atomic mass is 28.4. The fourth-order valence-corrected chi connectivity index (χ4v) is 4.16. The second kappa shape index (κ2) is 8.24. The lowest BCUT2D eigenvalue weighted by Gasteiger charge is -2.28. The van der Waals surface area contributed by atoms with E-state index in [0.29, 0.717) is 32.3 Å². The topological polar surface area (TPSA) is 47.9 Å². The Hall–Kier alpha value is 0.0569. The van der Waals surface area contributed by atoms with E-state index in [0.717, 1.165) is 0 Å². The van der Waals surface area contributed by atoms with E-state index in [1.807, 2.05) is 20.8 Å². The first kappa shape index (κ1) is 15.1. The Labute approximate surface area is 93.9 Å². The molecular weight excluding hydrogens is 212 g/mol. The van der Waals surface area contributed by atoms with E-state index in [4.69, 9.17) is 13.3 Å². The van der Waals surface area contributed by atoms with Gasteiger partial charge in [0.1, 0.15) is 0 Å². The van der Waals surface area contributed by atoms with Crippen LogP contribution in [-0.4, -0.2) is 39.8 Å². The van der Waals surface area contributed by atoms with Gasteiger partial charge < -0.3 is 18.4 Å². The molecule has 0 aliphatic carbocycles. The van der Waals surface area contributed by atoms with Crippen LogP contribution in [-0.2, 0) is 13.3 Å². The van der Waals surface area contributed by atoms with Crippen LogP contribution < -0.4 is 0 Å². The molecule has 0 aromatic carbocycles. The van der Waals surface area contributed by atoms with E-state index in [1.54, 1.807) is 6.92 Å². The van der Waals surface area contributed by atoms with Crippen molar-refractivity contribution in [2.45, 2.75) is 46.3 Å². The standard InChI is InChI=1S/C10H24O4Si/c1-5-12-15(13-6-2,14-7-3)9-8-10(4)11/h10-11H,5-9H2,1-4H3. The highest BCUT2D eigenvalue weighted by molar-refractivity contribution is 6.60. The summed E-state index contributed by atoms with van der Waals surface area (Å²) in [6.45, 7) is 9.33. The van der Waals surface area contributed by atoms with Gasteiger partial charge >= 0.3 is 8.80 Å². The van der Waals surface area contributed by atoms with E-state index < -0.39 is 8.80 Å². The van der Waals surface area contributed by atoms with E-state index >= 15 is 0 Å². The second-order valence-electron chi connectivity index (χ2n) is 3.37. The Balaban J connectivity index is 4.31. The van der Waals surface area contributed by atoms with Gasteiger partial charge in [0.15, 0.2) is 0 Å². The number of aliphatic hydroxyl groups excluding tert-OH is 1. The van der Waals surface area contributed by atoms with Gasteiger partial charge in [-0.25, -0.2) is 0 Å². The molecule has 0 spiro atoms. The molecule has 0 rings (SSSR count). The monoisotopic (exact) mass is 236 g/mol. The largest absolute Gasteiger partial charge is 0.501 e. The maximum atomic E-state index is 9.28. The van der Waals surface area contributed by atoms with Crippen LogP contribution >= 0.6 is 0 Å². The summed E-state index contributed by atoms with van der Waals surface area (Å²) in [5.74, 6) is 0.